The lowest BCUT2D eigenvalue weighted by atomic mass is 10.0. The van der Waals surface area contributed by atoms with E-state index in [-0.39, 0.29) is 18.4 Å². The van der Waals surface area contributed by atoms with Crippen LogP contribution in [0, 0.1) is 0 Å². The fourth-order valence-electron chi connectivity index (χ4n) is 5.30. The van der Waals surface area contributed by atoms with E-state index in [1.54, 1.807) is 18.2 Å². The van der Waals surface area contributed by atoms with Crippen LogP contribution >= 0.6 is 11.6 Å². The predicted octanol–water partition coefficient (Wildman–Crippen LogP) is 6.47. The second-order valence-electron chi connectivity index (χ2n) is 11.0. The number of hydrogen-bond acceptors (Lipinski definition) is 8. The van der Waals surface area contributed by atoms with E-state index >= 15 is 0 Å². The Morgan fingerprint density at radius 3 is 2.69 bits per heavy atom. The molecule has 9 nitrogen and oxygen atoms in total. The second-order valence-corrected chi connectivity index (χ2v) is 11.4. The minimum absolute atomic E-state index is 0.0779. The van der Waals surface area contributed by atoms with Gasteiger partial charge < -0.3 is 29.6 Å². The van der Waals surface area contributed by atoms with Gasteiger partial charge in [-0.2, -0.15) is 0 Å². The number of nitrogens with zero attached hydrogens (tertiary/aromatic N) is 1. The molecule has 3 aromatic carbocycles. The molecule has 1 atom stereocenters. The molecule has 0 spiro atoms. The molecule has 10 heteroatoms. The summed E-state index contributed by atoms with van der Waals surface area (Å²) in [5.74, 6) is 0.443. The van der Waals surface area contributed by atoms with E-state index in [0.29, 0.717) is 53.3 Å². The van der Waals surface area contributed by atoms with Gasteiger partial charge >= 0.3 is 5.97 Å². The van der Waals surface area contributed by atoms with Gasteiger partial charge in [-0.3, -0.25) is 4.79 Å². The topological polar surface area (TPSA) is 108 Å². The molecule has 2 N–H and O–H groups in total. The third-order valence-electron chi connectivity index (χ3n) is 7.86. The van der Waals surface area contributed by atoms with Crippen molar-refractivity contribution >= 4 is 34.9 Å². The van der Waals surface area contributed by atoms with Gasteiger partial charge in [0, 0.05) is 35.4 Å². The number of amides is 1. The van der Waals surface area contributed by atoms with Gasteiger partial charge in [0.05, 0.1) is 48.9 Å². The van der Waals surface area contributed by atoms with E-state index in [0.717, 1.165) is 53.8 Å². The Labute approximate surface area is 266 Å². The van der Waals surface area contributed by atoms with Crippen LogP contribution in [-0.2, 0) is 33.7 Å². The first-order chi connectivity index (χ1) is 21.9. The molecule has 1 fully saturated rings. The first-order valence-corrected chi connectivity index (χ1v) is 15.3. The standard InChI is InChI=1S/C35H34ClN3O6/c1-42-35(41)25-10-12-30(31(17-25)37-20-28-13-15-43-28)38-33(40)19-24-8-7-23-18-32(24)44-14-3-4-22-16-27(36)11-9-26(22)21-45-34-6-2-5-29(23)39-34/h2,5-12,16-18,28,37H,3-4,13-15,19-21H2,1H3,(H,38,40)/t28-/m0/s1. The molecule has 1 amide bonds. The molecule has 4 aromatic rings. The minimum atomic E-state index is -0.457. The maximum Gasteiger partial charge on any atom is 0.337 e. The van der Waals surface area contributed by atoms with Crippen LogP contribution < -0.4 is 20.1 Å². The Hall–Kier alpha value is -4.60. The number of esters is 1. The van der Waals surface area contributed by atoms with Crippen molar-refractivity contribution in [1.82, 2.24) is 4.98 Å². The molecule has 2 aliphatic rings. The molecular formula is C35H34ClN3O6. The van der Waals surface area contributed by atoms with Crippen LogP contribution in [0.25, 0.3) is 11.3 Å². The van der Waals surface area contributed by atoms with E-state index in [4.69, 9.17) is 35.5 Å². The number of aryl methyl sites for hydroxylation is 1. The van der Waals surface area contributed by atoms with Crippen LogP contribution in [0.2, 0.25) is 5.02 Å². The number of halogens is 1. The average Bonchev–Trinajstić information content (AvgIpc) is 3.02. The zero-order valence-corrected chi connectivity index (χ0v) is 25.7. The van der Waals surface area contributed by atoms with E-state index in [9.17, 15) is 9.59 Å². The predicted molar refractivity (Wildman–Crippen MR) is 172 cm³/mol. The third-order valence-corrected chi connectivity index (χ3v) is 8.09. The number of rotatable bonds is 7. The van der Waals surface area contributed by atoms with Crippen molar-refractivity contribution in [3.63, 3.8) is 0 Å². The molecule has 1 aromatic heterocycles. The summed E-state index contributed by atoms with van der Waals surface area (Å²) >= 11 is 6.30. The number of aromatic nitrogens is 1. The zero-order chi connectivity index (χ0) is 31.2. The SMILES string of the molecule is COC(=O)c1ccc(NC(=O)Cc2ccc3cc2OCCCc2cc(Cl)ccc2COc2cccc-3n2)c(NC[C@@H]2CCO2)c1. The molecule has 45 heavy (non-hydrogen) atoms. The van der Waals surface area contributed by atoms with Crippen molar-refractivity contribution in [2.45, 2.75) is 38.4 Å². The zero-order valence-electron chi connectivity index (χ0n) is 24.9. The lowest BCUT2D eigenvalue weighted by molar-refractivity contribution is -0.115. The van der Waals surface area contributed by atoms with Crippen molar-refractivity contribution in [3.8, 4) is 22.9 Å². The Morgan fingerprint density at radius 1 is 0.978 bits per heavy atom. The van der Waals surface area contributed by atoms with Crippen molar-refractivity contribution in [3.05, 3.63) is 100 Å². The van der Waals surface area contributed by atoms with Crippen LogP contribution in [-0.4, -0.2) is 49.8 Å². The summed E-state index contributed by atoms with van der Waals surface area (Å²) in [4.78, 5) is 30.3. The number of nitrogens with one attached hydrogen (secondary N) is 2. The van der Waals surface area contributed by atoms with Gasteiger partial charge in [-0.15, -0.1) is 0 Å². The molecular weight excluding hydrogens is 594 g/mol. The van der Waals surface area contributed by atoms with E-state index in [2.05, 4.69) is 10.6 Å². The average molecular weight is 628 g/mol. The Morgan fingerprint density at radius 2 is 1.87 bits per heavy atom. The summed E-state index contributed by atoms with van der Waals surface area (Å²) < 4.78 is 22.8. The van der Waals surface area contributed by atoms with Crippen LogP contribution in [0.5, 0.6) is 11.6 Å². The molecule has 3 heterocycles. The van der Waals surface area contributed by atoms with Crippen LogP contribution in [0.4, 0.5) is 11.4 Å². The van der Waals surface area contributed by atoms with Gasteiger partial charge in [-0.1, -0.05) is 35.9 Å². The van der Waals surface area contributed by atoms with Gasteiger partial charge in [-0.25, -0.2) is 9.78 Å². The number of fused-ring (bicyclic) bond motifs is 6. The van der Waals surface area contributed by atoms with Crippen LogP contribution in [0.1, 0.15) is 39.9 Å². The second kappa shape index (κ2) is 14.0. The van der Waals surface area contributed by atoms with E-state index in [1.807, 2.05) is 54.6 Å². The number of ether oxygens (including phenoxy) is 4. The van der Waals surface area contributed by atoms with Gasteiger partial charge in [-0.05, 0) is 72.9 Å². The number of hydrogen-bond donors (Lipinski definition) is 2. The van der Waals surface area contributed by atoms with Crippen LogP contribution in [0.3, 0.4) is 0 Å². The maximum absolute atomic E-state index is 13.4. The largest absolute Gasteiger partial charge is 0.493 e. The smallest absolute Gasteiger partial charge is 0.337 e. The fraction of sp³-hybridized carbons (Fsp3) is 0.286. The lowest BCUT2D eigenvalue weighted by Gasteiger charge is -2.27. The Balaban J connectivity index is 1.23. The van der Waals surface area contributed by atoms with Gasteiger partial charge in [0.2, 0.25) is 11.8 Å². The fourth-order valence-corrected chi connectivity index (χ4v) is 5.49. The molecule has 232 valence electrons. The monoisotopic (exact) mass is 627 g/mol. The summed E-state index contributed by atoms with van der Waals surface area (Å²) in [6.45, 7) is 2.13. The van der Waals surface area contributed by atoms with Crippen molar-refractivity contribution < 1.29 is 28.5 Å². The lowest BCUT2D eigenvalue weighted by Crippen LogP contribution is -2.33. The van der Waals surface area contributed by atoms with Gasteiger partial charge in [0.1, 0.15) is 12.4 Å². The highest BCUT2D eigenvalue weighted by Gasteiger charge is 2.20. The van der Waals surface area contributed by atoms with Gasteiger partial charge in [0.25, 0.3) is 0 Å². The summed E-state index contributed by atoms with van der Waals surface area (Å²) in [6, 6.07) is 22.2. The van der Waals surface area contributed by atoms with Gasteiger partial charge in [0.15, 0.2) is 0 Å². The summed E-state index contributed by atoms with van der Waals surface area (Å²) in [7, 11) is 1.34. The summed E-state index contributed by atoms with van der Waals surface area (Å²) in [5.41, 5.74) is 6.02. The van der Waals surface area contributed by atoms with Crippen molar-refractivity contribution in [2.24, 2.45) is 0 Å². The normalized spacial score (nSPS) is 15.6. The molecule has 1 saturated heterocycles. The quantitative estimate of drug-likeness (QED) is 0.224. The third kappa shape index (κ3) is 7.56. The molecule has 0 radical (unpaired) electrons. The number of anilines is 2. The highest BCUT2D eigenvalue weighted by atomic mass is 35.5. The first kappa shape index (κ1) is 30.4. The highest BCUT2D eigenvalue weighted by Crippen LogP contribution is 2.31. The summed E-state index contributed by atoms with van der Waals surface area (Å²) in [5, 5.41) is 6.98. The van der Waals surface area contributed by atoms with E-state index < -0.39 is 5.97 Å². The number of benzene rings is 3. The van der Waals surface area contributed by atoms with Crippen LogP contribution in [0.15, 0.2) is 72.8 Å². The summed E-state index contributed by atoms with van der Waals surface area (Å²) in [6.07, 6.45) is 2.63. The number of methoxy groups -OCH3 is 1. The first-order valence-electron chi connectivity index (χ1n) is 15.0. The number of pyridine rings is 1. The van der Waals surface area contributed by atoms with Crippen molar-refractivity contribution in [2.75, 3.05) is 37.5 Å². The maximum atomic E-state index is 13.4. The molecule has 4 bridgehead atoms. The molecule has 0 unspecified atom stereocenters. The molecule has 0 saturated carbocycles. The number of carbonyl (C=O) groups is 2. The molecule has 0 aliphatic carbocycles. The number of carbonyl (C=O) groups excluding carboxylic acids is 2. The molecule has 2 aliphatic heterocycles. The minimum Gasteiger partial charge on any atom is -0.493 e. The van der Waals surface area contributed by atoms with Crippen molar-refractivity contribution in [1.29, 1.82) is 0 Å². The van der Waals surface area contributed by atoms with E-state index in [1.165, 1.54) is 7.11 Å². The Bertz CT molecular complexity index is 1710. The Kier molecular flexibility index (Phi) is 9.47. The molecule has 6 rings (SSSR count). The highest BCUT2D eigenvalue weighted by molar-refractivity contribution is 6.30.